The highest BCUT2D eigenvalue weighted by atomic mass is 16.5. The summed E-state index contributed by atoms with van der Waals surface area (Å²) in [5.74, 6) is 0.00186. The topological polar surface area (TPSA) is 72.5 Å². The highest BCUT2D eigenvalue weighted by Crippen LogP contribution is 2.13. The van der Waals surface area contributed by atoms with Gasteiger partial charge in [-0.2, -0.15) is 0 Å². The molecule has 0 aliphatic rings. The first-order chi connectivity index (χ1) is 7.18. The van der Waals surface area contributed by atoms with Gasteiger partial charge in [0.1, 0.15) is 5.75 Å². The monoisotopic (exact) mass is 209 g/mol. The van der Waals surface area contributed by atoms with Crippen LogP contribution in [0.4, 0.5) is 5.69 Å². The first-order valence-electron chi connectivity index (χ1n) is 4.88. The van der Waals surface area contributed by atoms with E-state index in [4.69, 9.17) is 15.6 Å². The van der Waals surface area contributed by atoms with Gasteiger partial charge in [0.2, 0.25) is 0 Å². The number of nitrogens with two attached hydrogens (primary N) is 1. The van der Waals surface area contributed by atoms with E-state index in [1.165, 1.54) is 0 Å². The third kappa shape index (κ3) is 4.90. The van der Waals surface area contributed by atoms with Crippen molar-refractivity contribution in [3.8, 4) is 5.75 Å². The number of hydrogen-bond acceptors (Lipinski definition) is 3. The summed E-state index contributed by atoms with van der Waals surface area (Å²) in [6.07, 6.45) is 1.59. The molecule has 0 spiro atoms. The number of carbonyl (C=O) groups is 1. The molecular weight excluding hydrogens is 194 g/mol. The molecule has 0 aromatic heterocycles. The van der Waals surface area contributed by atoms with Crippen LogP contribution in [0.25, 0.3) is 0 Å². The van der Waals surface area contributed by atoms with Crippen molar-refractivity contribution in [2.45, 2.75) is 19.3 Å². The number of ether oxygens (including phenoxy) is 1. The van der Waals surface area contributed by atoms with Gasteiger partial charge < -0.3 is 15.6 Å². The van der Waals surface area contributed by atoms with Crippen molar-refractivity contribution < 1.29 is 14.6 Å². The summed E-state index contributed by atoms with van der Waals surface area (Å²) in [7, 11) is 0. The molecule has 0 aliphatic heterocycles. The number of aliphatic carboxylic acids is 1. The maximum Gasteiger partial charge on any atom is 0.303 e. The van der Waals surface area contributed by atoms with Gasteiger partial charge in [0.05, 0.1) is 6.61 Å². The SMILES string of the molecule is Nc1ccc(OCCCCC(=O)O)cc1. The molecule has 4 nitrogen and oxygen atoms in total. The van der Waals surface area contributed by atoms with Gasteiger partial charge in [-0.1, -0.05) is 0 Å². The minimum absolute atomic E-state index is 0.200. The van der Waals surface area contributed by atoms with Crippen LogP contribution in [-0.2, 0) is 4.79 Å². The molecule has 0 heterocycles. The van der Waals surface area contributed by atoms with E-state index in [9.17, 15) is 4.79 Å². The number of rotatable bonds is 6. The van der Waals surface area contributed by atoms with Crippen molar-refractivity contribution >= 4 is 11.7 Å². The largest absolute Gasteiger partial charge is 0.494 e. The molecule has 15 heavy (non-hydrogen) atoms. The van der Waals surface area contributed by atoms with Gasteiger partial charge in [0.25, 0.3) is 0 Å². The van der Waals surface area contributed by atoms with Crippen LogP contribution in [0.1, 0.15) is 19.3 Å². The highest BCUT2D eigenvalue weighted by molar-refractivity contribution is 5.66. The second kappa shape index (κ2) is 5.90. The van der Waals surface area contributed by atoms with E-state index < -0.39 is 5.97 Å². The van der Waals surface area contributed by atoms with Gasteiger partial charge in [-0.15, -0.1) is 0 Å². The maximum absolute atomic E-state index is 10.2. The standard InChI is InChI=1S/C11H15NO3/c12-9-4-6-10(7-5-9)15-8-2-1-3-11(13)14/h4-7H,1-3,8,12H2,(H,13,14). The Morgan fingerprint density at radius 1 is 1.27 bits per heavy atom. The van der Waals surface area contributed by atoms with E-state index >= 15 is 0 Å². The van der Waals surface area contributed by atoms with E-state index in [2.05, 4.69) is 0 Å². The van der Waals surface area contributed by atoms with Gasteiger partial charge in [-0.05, 0) is 37.1 Å². The molecule has 0 aliphatic carbocycles. The van der Waals surface area contributed by atoms with Gasteiger partial charge in [0, 0.05) is 12.1 Å². The lowest BCUT2D eigenvalue weighted by Crippen LogP contribution is -2.00. The van der Waals surface area contributed by atoms with E-state index in [0.29, 0.717) is 18.7 Å². The lowest BCUT2D eigenvalue weighted by atomic mass is 10.2. The van der Waals surface area contributed by atoms with Crippen LogP contribution in [0.15, 0.2) is 24.3 Å². The minimum atomic E-state index is -0.762. The van der Waals surface area contributed by atoms with Crippen molar-refractivity contribution in [1.29, 1.82) is 0 Å². The molecule has 82 valence electrons. The Kier molecular flexibility index (Phi) is 4.47. The van der Waals surface area contributed by atoms with E-state index in [1.54, 1.807) is 24.3 Å². The van der Waals surface area contributed by atoms with E-state index in [1.807, 2.05) is 0 Å². The molecule has 1 rings (SSSR count). The second-order valence-corrected chi connectivity index (χ2v) is 3.27. The lowest BCUT2D eigenvalue weighted by Gasteiger charge is -2.05. The molecule has 0 saturated carbocycles. The van der Waals surface area contributed by atoms with Crippen LogP contribution >= 0.6 is 0 Å². The Morgan fingerprint density at radius 3 is 2.53 bits per heavy atom. The van der Waals surface area contributed by atoms with Gasteiger partial charge >= 0.3 is 5.97 Å². The number of carboxylic acids is 1. The minimum Gasteiger partial charge on any atom is -0.494 e. The molecule has 0 amide bonds. The van der Waals surface area contributed by atoms with Gasteiger partial charge in [-0.3, -0.25) is 4.79 Å². The average molecular weight is 209 g/mol. The average Bonchev–Trinajstić information content (AvgIpc) is 2.20. The molecule has 3 N–H and O–H groups in total. The zero-order chi connectivity index (χ0) is 11.1. The molecule has 0 saturated heterocycles. The summed E-state index contributed by atoms with van der Waals surface area (Å²) in [6, 6.07) is 7.14. The normalized spacial score (nSPS) is 9.87. The summed E-state index contributed by atoms with van der Waals surface area (Å²) in [5.41, 5.74) is 6.22. The molecule has 0 bridgehead atoms. The summed E-state index contributed by atoms with van der Waals surface area (Å²) >= 11 is 0. The smallest absolute Gasteiger partial charge is 0.303 e. The molecule has 0 radical (unpaired) electrons. The molecule has 1 aromatic rings. The third-order valence-corrected chi connectivity index (χ3v) is 1.93. The Morgan fingerprint density at radius 2 is 1.93 bits per heavy atom. The van der Waals surface area contributed by atoms with Crippen molar-refractivity contribution in [3.63, 3.8) is 0 Å². The van der Waals surface area contributed by atoms with Crippen LogP contribution in [-0.4, -0.2) is 17.7 Å². The second-order valence-electron chi connectivity index (χ2n) is 3.27. The number of unbranched alkanes of at least 4 members (excludes halogenated alkanes) is 1. The predicted octanol–water partition coefficient (Wildman–Crippen LogP) is 1.90. The Balaban J connectivity index is 2.15. The summed E-state index contributed by atoms with van der Waals surface area (Å²) in [5, 5.41) is 8.41. The van der Waals surface area contributed by atoms with Crippen LogP contribution in [0.3, 0.4) is 0 Å². The Labute approximate surface area is 88.7 Å². The molecular formula is C11H15NO3. The van der Waals surface area contributed by atoms with Crippen molar-refractivity contribution in [3.05, 3.63) is 24.3 Å². The van der Waals surface area contributed by atoms with E-state index in [-0.39, 0.29) is 6.42 Å². The zero-order valence-electron chi connectivity index (χ0n) is 8.48. The molecule has 0 fully saturated rings. The fraction of sp³-hybridized carbons (Fsp3) is 0.364. The fourth-order valence-electron chi connectivity index (χ4n) is 1.13. The summed E-state index contributed by atoms with van der Waals surface area (Å²) in [6.45, 7) is 0.539. The quantitative estimate of drug-likeness (QED) is 0.554. The van der Waals surface area contributed by atoms with Crippen molar-refractivity contribution in [1.82, 2.24) is 0 Å². The highest BCUT2D eigenvalue weighted by Gasteiger charge is 1.97. The lowest BCUT2D eigenvalue weighted by molar-refractivity contribution is -0.137. The van der Waals surface area contributed by atoms with Crippen LogP contribution in [0, 0.1) is 0 Å². The predicted molar refractivity (Wildman–Crippen MR) is 57.8 cm³/mol. The van der Waals surface area contributed by atoms with Crippen LogP contribution in [0.5, 0.6) is 5.75 Å². The van der Waals surface area contributed by atoms with E-state index in [0.717, 1.165) is 12.2 Å². The summed E-state index contributed by atoms with van der Waals surface area (Å²) in [4.78, 5) is 10.2. The number of hydrogen-bond donors (Lipinski definition) is 2. The van der Waals surface area contributed by atoms with Crippen LogP contribution < -0.4 is 10.5 Å². The molecule has 0 atom stereocenters. The van der Waals surface area contributed by atoms with Gasteiger partial charge in [0.15, 0.2) is 0 Å². The fourth-order valence-corrected chi connectivity index (χ4v) is 1.13. The Bertz CT molecular complexity index is 308. The third-order valence-electron chi connectivity index (χ3n) is 1.93. The van der Waals surface area contributed by atoms with Crippen LogP contribution in [0.2, 0.25) is 0 Å². The Hall–Kier alpha value is -1.71. The number of nitrogen functional groups attached to an aromatic ring is 1. The van der Waals surface area contributed by atoms with Gasteiger partial charge in [-0.25, -0.2) is 0 Å². The molecule has 0 unspecified atom stereocenters. The molecule has 4 heteroatoms. The number of anilines is 1. The number of benzene rings is 1. The maximum atomic E-state index is 10.2. The van der Waals surface area contributed by atoms with Crippen molar-refractivity contribution in [2.24, 2.45) is 0 Å². The first-order valence-corrected chi connectivity index (χ1v) is 4.88. The number of carboxylic acid groups (broad SMARTS) is 1. The first kappa shape index (κ1) is 11.4. The summed E-state index contributed by atoms with van der Waals surface area (Å²) < 4.78 is 5.39. The van der Waals surface area contributed by atoms with Crippen molar-refractivity contribution in [2.75, 3.05) is 12.3 Å². The zero-order valence-corrected chi connectivity index (χ0v) is 8.48. The molecule has 1 aromatic carbocycles.